The summed E-state index contributed by atoms with van der Waals surface area (Å²) in [5.74, 6) is -1.27. The van der Waals surface area contributed by atoms with E-state index < -0.39 is 24.6 Å². The van der Waals surface area contributed by atoms with Gasteiger partial charge in [-0.15, -0.1) is 0 Å². The number of rotatable bonds is 6. The Morgan fingerprint density at radius 2 is 1.79 bits per heavy atom. The second-order valence-electron chi connectivity index (χ2n) is 4.07. The van der Waals surface area contributed by atoms with E-state index in [-0.39, 0.29) is 0 Å². The highest BCUT2D eigenvalue weighted by atomic mass is 16.4. The molecule has 4 N–H and O–H groups in total. The zero-order valence-corrected chi connectivity index (χ0v) is 10.7. The lowest BCUT2D eigenvalue weighted by molar-refractivity contribution is -0.140. The molecule has 0 heterocycles. The average molecular weight is 266 g/mol. The molecule has 0 radical (unpaired) electrons. The van der Waals surface area contributed by atoms with Crippen LogP contribution in [0, 0.1) is 0 Å². The monoisotopic (exact) mass is 266 g/mol. The molecule has 1 unspecified atom stereocenters. The predicted molar refractivity (Wildman–Crippen MR) is 69.7 cm³/mol. The molecule has 1 atom stereocenters. The van der Waals surface area contributed by atoms with E-state index in [4.69, 9.17) is 10.2 Å². The van der Waals surface area contributed by atoms with Gasteiger partial charge in [-0.25, -0.2) is 9.59 Å². The van der Waals surface area contributed by atoms with E-state index in [0.29, 0.717) is 6.54 Å². The van der Waals surface area contributed by atoms with Gasteiger partial charge in [-0.05, 0) is 17.5 Å². The molecule has 0 aliphatic rings. The van der Waals surface area contributed by atoms with Gasteiger partial charge < -0.3 is 20.8 Å². The van der Waals surface area contributed by atoms with Gasteiger partial charge in [-0.3, -0.25) is 0 Å². The molecule has 0 aliphatic heterocycles. The Morgan fingerprint density at radius 1 is 1.21 bits per heavy atom. The van der Waals surface area contributed by atoms with Gasteiger partial charge in [0.15, 0.2) is 6.04 Å². The Morgan fingerprint density at radius 3 is 2.26 bits per heavy atom. The minimum Gasteiger partial charge on any atom is -0.480 e. The summed E-state index contributed by atoms with van der Waals surface area (Å²) in [7, 11) is 0. The fourth-order valence-electron chi connectivity index (χ4n) is 1.47. The van der Waals surface area contributed by atoms with E-state index in [1.165, 1.54) is 5.56 Å². The first-order chi connectivity index (χ1) is 9.06. The van der Waals surface area contributed by atoms with Gasteiger partial charge in [0, 0.05) is 6.54 Å². The highest BCUT2D eigenvalue weighted by Gasteiger charge is 2.18. The number of amides is 2. The largest absolute Gasteiger partial charge is 0.480 e. The lowest BCUT2D eigenvalue weighted by Crippen LogP contribution is -2.47. The molecular weight excluding hydrogens is 248 g/mol. The van der Waals surface area contributed by atoms with E-state index >= 15 is 0 Å². The molecule has 104 valence electrons. The van der Waals surface area contributed by atoms with Crippen LogP contribution in [0.2, 0.25) is 0 Å². The van der Waals surface area contributed by atoms with Crippen LogP contribution in [0.3, 0.4) is 0 Å². The van der Waals surface area contributed by atoms with Crippen molar-refractivity contribution in [2.45, 2.75) is 25.9 Å². The first-order valence-electron chi connectivity index (χ1n) is 6.02. The summed E-state index contributed by atoms with van der Waals surface area (Å²) in [4.78, 5) is 22.0. The summed E-state index contributed by atoms with van der Waals surface area (Å²) in [6.45, 7) is 1.71. The number of urea groups is 1. The van der Waals surface area contributed by atoms with Crippen LogP contribution in [-0.4, -0.2) is 34.9 Å². The number of aliphatic hydroxyl groups is 1. The molecule has 19 heavy (non-hydrogen) atoms. The average Bonchev–Trinajstić information content (AvgIpc) is 2.42. The molecule has 1 aromatic rings. The molecule has 0 aromatic heterocycles. The summed E-state index contributed by atoms with van der Waals surface area (Å²) >= 11 is 0. The Balaban J connectivity index is 2.42. The lowest BCUT2D eigenvalue weighted by atomic mass is 10.1. The number of hydrogen-bond acceptors (Lipinski definition) is 3. The van der Waals surface area contributed by atoms with Crippen LogP contribution in [0.5, 0.6) is 0 Å². The number of carbonyl (C=O) groups is 2. The molecule has 0 saturated heterocycles. The second-order valence-corrected chi connectivity index (χ2v) is 4.07. The van der Waals surface area contributed by atoms with Crippen molar-refractivity contribution in [3.05, 3.63) is 35.4 Å². The molecule has 1 aromatic carbocycles. The molecule has 1 rings (SSSR count). The number of carbonyl (C=O) groups excluding carboxylic acids is 1. The third kappa shape index (κ3) is 4.97. The molecule has 6 nitrogen and oxygen atoms in total. The number of aliphatic carboxylic acids is 1. The topological polar surface area (TPSA) is 98.7 Å². The maximum absolute atomic E-state index is 11.4. The van der Waals surface area contributed by atoms with Gasteiger partial charge in [0.1, 0.15) is 0 Å². The predicted octanol–water partition coefficient (Wildman–Crippen LogP) is 0.494. The van der Waals surface area contributed by atoms with Crippen LogP contribution in [-0.2, 0) is 17.8 Å². The zero-order chi connectivity index (χ0) is 14.3. The molecule has 0 aliphatic carbocycles. The number of aryl methyl sites for hydroxylation is 1. The van der Waals surface area contributed by atoms with E-state index in [2.05, 4.69) is 17.6 Å². The maximum Gasteiger partial charge on any atom is 0.328 e. The van der Waals surface area contributed by atoms with Crippen molar-refractivity contribution in [1.29, 1.82) is 0 Å². The van der Waals surface area contributed by atoms with Crippen LogP contribution >= 0.6 is 0 Å². The highest BCUT2D eigenvalue weighted by molar-refractivity contribution is 5.82. The Hall–Kier alpha value is -2.08. The molecule has 2 amide bonds. The van der Waals surface area contributed by atoms with Crippen molar-refractivity contribution >= 4 is 12.0 Å². The number of aliphatic hydroxyl groups excluding tert-OH is 1. The minimum absolute atomic E-state index is 0.299. The Labute approximate surface area is 111 Å². The lowest BCUT2D eigenvalue weighted by Gasteiger charge is -2.12. The van der Waals surface area contributed by atoms with Gasteiger partial charge in [0.2, 0.25) is 0 Å². The summed E-state index contributed by atoms with van der Waals surface area (Å²) in [6.07, 6.45) is 0.949. The first kappa shape index (κ1) is 15.0. The van der Waals surface area contributed by atoms with Gasteiger partial charge in [0.25, 0.3) is 0 Å². The Bertz CT molecular complexity index is 431. The number of carboxylic acid groups (broad SMARTS) is 1. The van der Waals surface area contributed by atoms with Crippen molar-refractivity contribution in [1.82, 2.24) is 10.6 Å². The molecule has 0 bridgehead atoms. The SMILES string of the molecule is CCc1ccc(CNC(=O)NC(CO)C(=O)O)cc1. The van der Waals surface area contributed by atoms with Gasteiger partial charge in [-0.1, -0.05) is 31.2 Å². The van der Waals surface area contributed by atoms with Crippen molar-refractivity contribution in [3.8, 4) is 0 Å². The molecule has 0 spiro atoms. The number of benzene rings is 1. The molecule has 6 heteroatoms. The Kier molecular flexibility index (Phi) is 5.81. The summed E-state index contributed by atoms with van der Waals surface area (Å²) in [5.41, 5.74) is 2.13. The van der Waals surface area contributed by atoms with Crippen molar-refractivity contribution < 1.29 is 19.8 Å². The smallest absolute Gasteiger partial charge is 0.328 e. The van der Waals surface area contributed by atoms with Crippen LogP contribution in [0.25, 0.3) is 0 Å². The standard InChI is InChI=1S/C13H18N2O4/c1-2-9-3-5-10(6-4-9)7-14-13(19)15-11(8-16)12(17)18/h3-6,11,16H,2,7-8H2,1H3,(H,17,18)(H2,14,15,19). The molecule has 0 saturated carbocycles. The number of nitrogens with one attached hydrogen (secondary N) is 2. The number of carboxylic acids is 1. The van der Waals surface area contributed by atoms with Crippen LogP contribution < -0.4 is 10.6 Å². The van der Waals surface area contributed by atoms with Crippen LogP contribution in [0.15, 0.2) is 24.3 Å². The fraction of sp³-hybridized carbons (Fsp3) is 0.385. The van der Waals surface area contributed by atoms with E-state index in [1.54, 1.807) is 0 Å². The van der Waals surface area contributed by atoms with Crippen LogP contribution in [0.1, 0.15) is 18.1 Å². The zero-order valence-electron chi connectivity index (χ0n) is 10.7. The highest BCUT2D eigenvalue weighted by Crippen LogP contribution is 2.04. The van der Waals surface area contributed by atoms with E-state index in [0.717, 1.165) is 12.0 Å². The normalized spacial score (nSPS) is 11.7. The first-order valence-corrected chi connectivity index (χ1v) is 6.02. The third-order valence-corrected chi connectivity index (χ3v) is 2.67. The quantitative estimate of drug-likeness (QED) is 0.602. The molecule has 0 fully saturated rings. The fourth-order valence-corrected chi connectivity index (χ4v) is 1.47. The second kappa shape index (κ2) is 7.38. The maximum atomic E-state index is 11.4. The van der Waals surface area contributed by atoms with Crippen LogP contribution in [0.4, 0.5) is 4.79 Å². The van der Waals surface area contributed by atoms with E-state index in [9.17, 15) is 9.59 Å². The van der Waals surface area contributed by atoms with Crippen molar-refractivity contribution in [2.75, 3.05) is 6.61 Å². The molecular formula is C13H18N2O4. The minimum atomic E-state index is -1.29. The third-order valence-electron chi connectivity index (χ3n) is 2.67. The number of hydrogen-bond donors (Lipinski definition) is 4. The van der Waals surface area contributed by atoms with Crippen molar-refractivity contribution in [3.63, 3.8) is 0 Å². The van der Waals surface area contributed by atoms with Gasteiger partial charge >= 0.3 is 12.0 Å². The van der Waals surface area contributed by atoms with E-state index in [1.807, 2.05) is 24.3 Å². The van der Waals surface area contributed by atoms with Crippen molar-refractivity contribution in [2.24, 2.45) is 0 Å². The van der Waals surface area contributed by atoms with Gasteiger partial charge in [0.05, 0.1) is 6.61 Å². The summed E-state index contributed by atoms with van der Waals surface area (Å²) in [5, 5.41) is 22.1. The summed E-state index contributed by atoms with van der Waals surface area (Å²) in [6, 6.07) is 5.84. The summed E-state index contributed by atoms with van der Waals surface area (Å²) < 4.78 is 0. The van der Waals surface area contributed by atoms with Gasteiger partial charge in [-0.2, -0.15) is 0 Å².